The van der Waals surface area contributed by atoms with Crippen molar-refractivity contribution in [1.82, 2.24) is 9.97 Å². The molecule has 112 valence electrons. The van der Waals surface area contributed by atoms with Crippen molar-refractivity contribution in [3.05, 3.63) is 6.20 Å². The van der Waals surface area contributed by atoms with Crippen LogP contribution in [0.25, 0.3) is 0 Å². The highest BCUT2D eigenvalue weighted by molar-refractivity contribution is 5.64. The second-order valence-electron chi connectivity index (χ2n) is 5.32. The lowest BCUT2D eigenvalue weighted by Crippen LogP contribution is -2.27. The summed E-state index contributed by atoms with van der Waals surface area (Å²) in [6.45, 7) is 6.85. The van der Waals surface area contributed by atoms with E-state index >= 15 is 0 Å². The van der Waals surface area contributed by atoms with Gasteiger partial charge in [-0.2, -0.15) is 4.98 Å². The first-order chi connectivity index (χ1) is 9.28. The van der Waals surface area contributed by atoms with Crippen LogP contribution in [0.15, 0.2) is 6.20 Å². The lowest BCUT2D eigenvalue weighted by atomic mass is 10.1. The highest BCUT2D eigenvalue weighted by Crippen LogP contribution is 2.17. The van der Waals surface area contributed by atoms with E-state index in [-0.39, 0.29) is 12.1 Å². The molecule has 1 aromatic rings. The molecule has 0 bridgehead atoms. The number of aromatic nitrogens is 2. The molecule has 6 N–H and O–H groups in total. The number of nitrogens with two attached hydrogens (primary N) is 2. The van der Waals surface area contributed by atoms with Crippen LogP contribution in [-0.2, 0) is 4.74 Å². The average molecular weight is 282 g/mol. The maximum absolute atomic E-state index is 10.4. The third-order valence-corrected chi connectivity index (χ3v) is 2.16. The Morgan fingerprint density at radius 2 is 2.15 bits per heavy atom. The molecule has 1 aromatic heterocycles. The Morgan fingerprint density at radius 3 is 2.75 bits per heavy atom. The number of nitrogen functional groups attached to an aromatic ring is 1. The fourth-order valence-electron chi connectivity index (χ4n) is 1.38. The van der Waals surface area contributed by atoms with Gasteiger partial charge in [-0.15, -0.1) is 0 Å². The van der Waals surface area contributed by atoms with E-state index < -0.39 is 6.09 Å². The number of anilines is 3. The first-order valence-electron chi connectivity index (χ1n) is 6.35. The zero-order valence-corrected chi connectivity index (χ0v) is 12.1. The van der Waals surface area contributed by atoms with Crippen molar-refractivity contribution in [3.63, 3.8) is 0 Å². The van der Waals surface area contributed by atoms with Crippen molar-refractivity contribution in [2.75, 3.05) is 29.5 Å². The van der Waals surface area contributed by atoms with Crippen LogP contribution in [0.5, 0.6) is 0 Å². The van der Waals surface area contributed by atoms with Crippen LogP contribution in [0, 0.1) is 0 Å². The second-order valence-corrected chi connectivity index (χ2v) is 5.32. The molecule has 0 spiro atoms. The third-order valence-electron chi connectivity index (χ3n) is 2.16. The maximum Gasteiger partial charge on any atom is 0.404 e. The molecule has 1 heterocycles. The van der Waals surface area contributed by atoms with Crippen LogP contribution in [0.4, 0.5) is 22.2 Å². The minimum atomic E-state index is -0.775. The molecule has 0 radical (unpaired) electrons. The Hall–Kier alpha value is -2.25. The topological polar surface area (TPSA) is 128 Å². The third kappa shape index (κ3) is 6.07. The number of carbonyl (C=O) groups is 1. The molecular formula is C12H22N6O2. The van der Waals surface area contributed by atoms with Gasteiger partial charge in [0.05, 0.1) is 18.5 Å². The van der Waals surface area contributed by atoms with Gasteiger partial charge in [0.1, 0.15) is 0 Å². The van der Waals surface area contributed by atoms with E-state index in [4.69, 9.17) is 11.5 Å². The number of carbonyl (C=O) groups excluding carboxylic acids is 1. The standard InChI is InChI=1S/C12H22N6O2/c1-12(2,3)18-11-16-7-8(13)9(17-11)15-5-4-6-20-10(14)19/h7H,4-6,13H2,1-3H3,(H2,14,19)(H2,15,16,17,18). The predicted molar refractivity (Wildman–Crippen MR) is 78.5 cm³/mol. The molecule has 0 atom stereocenters. The number of ether oxygens (including phenoxy) is 1. The van der Waals surface area contributed by atoms with Gasteiger partial charge in [0.15, 0.2) is 5.82 Å². The lowest BCUT2D eigenvalue weighted by molar-refractivity contribution is 0.156. The van der Waals surface area contributed by atoms with Gasteiger partial charge in [-0.05, 0) is 27.2 Å². The maximum atomic E-state index is 10.4. The predicted octanol–water partition coefficient (Wildman–Crippen LogP) is 1.17. The molecular weight excluding hydrogens is 260 g/mol. The van der Waals surface area contributed by atoms with Gasteiger partial charge in [-0.25, -0.2) is 9.78 Å². The molecule has 0 aliphatic rings. The fraction of sp³-hybridized carbons (Fsp3) is 0.583. The first kappa shape index (κ1) is 15.8. The van der Waals surface area contributed by atoms with E-state index in [1.54, 1.807) is 6.20 Å². The van der Waals surface area contributed by atoms with Gasteiger partial charge < -0.3 is 26.8 Å². The zero-order valence-electron chi connectivity index (χ0n) is 12.1. The number of rotatable bonds is 6. The number of hydrogen-bond donors (Lipinski definition) is 4. The highest BCUT2D eigenvalue weighted by Gasteiger charge is 2.12. The van der Waals surface area contributed by atoms with Gasteiger partial charge >= 0.3 is 6.09 Å². The summed E-state index contributed by atoms with van der Waals surface area (Å²) in [5.74, 6) is 1.05. The summed E-state index contributed by atoms with van der Waals surface area (Å²) in [4.78, 5) is 18.8. The molecule has 20 heavy (non-hydrogen) atoms. The molecule has 1 rings (SSSR count). The Bertz CT molecular complexity index is 458. The number of nitrogens with zero attached hydrogens (tertiary/aromatic N) is 2. The van der Waals surface area contributed by atoms with Gasteiger partial charge in [0.25, 0.3) is 0 Å². The van der Waals surface area contributed by atoms with E-state index in [0.717, 1.165) is 0 Å². The van der Waals surface area contributed by atoms with E-state index in [0.29, 0.717) is 30.4 Å². The van der Waals surface area contributed by atoms with Gasteiger partial charge in [-0.3, -0.25) is 0 Å². The van der Waals surface area contributed by atoms with Crippen LogP contribution in [0.2, 0.25) is 0 Å². The Labute approximate surface area is 118 Å². The normalized spacial score (nSPS) is 10.9. The summed E-state index contributed by atoms with van der Waals surface area (Å²) in [5.41, 5.74) is 11.0. The van der Waals surface area contributed by atoms with E-state index in [1.165, 1.54) is 0 Å². The van der Waals surface area contributed by atoms with Crippen LogP contribution in [0.3, 0.4) is 0 Å². The quantitative estimate of drug-likeness (QED) is 0.576. The zero-order chi connectivity index (χ0) is 15.2. The van der Waals surface area contributed by atoms with Gasteiger partial charge in [0.2, 0.25) is 5.95 Å². The number of hydrogen-bond acceptors (Lipinski definition) is 7. The molecule has 0 unspecified atom stereocenters. The number of amides is 1. The molecule has 0 saturated carbocycles. The lowest BCUT2D eigenvalue weighted by Gasteiger charge is -2.21. The molecule has 8 heteroatoms. The number of nitrogens with one attached hydrogen (secondary N) is 2. The van der Waals surface area contributed by atoms with Crippen molar-refractivity contribution in [3.8, 4) is 0 Å². The first-order valence-corrected chi connectivity index (χ1v) is 6.35. The minimum Gasteiger partial charge on any atom is -0.450 e. The van der Waals surface area contributed by atoms with Crippen molar-refractivity contribution in [2.24, 2.45) is 5.73 Å². The smallest absolute Gasteiger partial charge is 0.404 e. The SMILES string of the molecule is CC(C)(C)Nc1ncc(N)c(NCCCOC(N)=O)n1. The van der Waals surface area contributed by atoms with Crippen LogP contribution < -0.4 is 22.1 Å². The summed E-state index contributed by atoms with van der Waals surface area (Å²) in [7, 11) is 0. The summed E-state index contributed by atoms with van der Waals surface area (Å²) >= 11 is 0. The Morgan fingerprint density at radius 1 is 1.45 bits per heavy atom. The molecule has 8 nitrogen and oxygen atoms in total. The fourth-order valence-corrected chi connectivity index (χ4v) is 1.38. The van der Waals surface area contributed by atoms with E-state index in [9.17, 15) is 4.79 Å². The van der Waals surface area contributed by atoms with Crippen LogP contribution in [0.1, 0.15) is 27.2 Å². The van der Waals surface area contributed by atoms with Crippen molar-refractivity contribution in [2.45, 2.75) is 32.7 Å². The van der Waals surface area contributed by atoms with Crippen LogP contribution in [-0.4, -0.2) is 34.8 Å². The molecule has 0 saturated heterocycles. The Kier molecular flexibility index (Phi) is 5.36. The highest BCUT2D eigenvalue weighted by atomic mass is 16.5. The van der Waals surface area contributed by atoms with E-state index in [2.05, 4.69) is 25.3 Å². The van der Waals surface area contributed by atoms with E-state index in [1.807, 2.05) is 20.8 Å². The van der Waals surface area contributed by atoms with Crippen molar-refractivity contribution < 1.29 is 9.53 Å². The largest absolute Gasteiger partial charge is 0.450 e. The summed E-state index contributed by atoms with van der Waals surface area (Å²) in [6.07, 6.45) is 1.38. The summed E-state index contributed by atoms with van der Waals surface area (Å²) < 4.78 is 4.62. The number of primary amides is 1. The van der Waals surface area contributed by atoms with Gasteiger partial charge in [-0.1, -0.05) is 0 Å². The monoisotopic (exact) mass is 282 g/mol. The van der Waals surface area contributed by atoms with Crippen molar-refractivity contribution in [1.29, 1.82) is 0 Å². The minimum absolute atomic E-state index is 0.136. The second kappa shape index (κ2) is 6.78. The Balaban J connectivity index is 2.52. The average Bonchev–Trinajstić information content (AvgIpc) is 2.30. The van der Waals surface area contributed by atoms with Crippen LogP contribution >= 0.6 is 0 Å². The van der Waals surface area contributed by atoms with Gasteiger partial charge in [0, 0.05) is 12.1 Å². The molecule has 0 aromatic carbocycles. The summed E-state index contributed by atoms with van der Waals surface area (Å²) in [5, 5.41) is 6.23. The molecule has 0 aliphatic heterocycles. The van der Waals surface area contributed by atoms with Crippen molar-refractivity contribution >= 4 is 23.5 Å². The molecule has 0 fully saturated rings. The molecule has 1 amide bonds. The molecule has 0 aliphatic carbocycles. The summed E-state index contributed by atoms with van der Waals surface area (Å²) in [6, 6.07) is 0.